The molecule has 6 heteroatoms. The van der Waals surface area contributed by atoms with Crippen LogP contribution in [0.4, 0.5) is 10.1 Å². The number of methoxy groups -OCH3 is 1. The third kappa shape index (κ3) is 4.43. The lowest BCUT2D eigenvalue weighted by atomic mass is 9.79. The first-order valence-corrected chi connectivity index (χ1v) is 10.0. The molecule has 0 radical (unpaired) electrons. The van der Waals surface area contributed by atoms with E-state index in [2.05, 4.69) is 0 Å². The number of para-hydroxylation sites is 1. The van der Waals surface area contributed by atoms with E-state index in [1.54, 1.807) is 17.0 Å². The van der Waals surface area contributed by atoms with Gasteiger partial charge in [0.15, 0.2) is 0 Å². The smallest absolute Gasteiger partial charge is 0.305 e. The molecule has 5 nitrogen and oxygen atoms in total. The molecule has 0 N–H and O–H groups in total. The van der Waals surface area contributed by atoms with Gasteiger partial charge in [0, 0.05) is 12.1 Å². The van der Waals surface area contributed by atoms with Crippen molar-refractivity contribution >= 4 is 17.6 Å². The zero-order chi connectivity index (χ0) is 21.8. The molecule has 0 spiro atoms. The summed E-state index contributed by atoms with van der Waals surface area (Å²) in [6.45, 7) is 0. The maximum atomic E-state index is 13.4. The van der Waals surface area contributed by atoms with E-state index in [4.69, 9.17) is 9.47 Å². The minimum Gasteiger partial charge on any atom is -0.469 e. The molecular weight excluding hydrogens is 397 g/mol. The van der Waals surface area contributed by atoms with Crippen molar-refractivity contribution in [3.63, 3.8) is 0 Å². The van der Waals surface area contributed by atoms with Crippen molar-refractivity contribution in [1.29, 1.82) is 0 Å². The molecule has 0 bridgehead atoms. The molecular formula is C25H22FNO4. The van der Waals surface area contributed by atoms with Crippen LogP contribution in [-0.2, 0) is 14.3 Å². The lowest BCUT2D eigenvalue weighted by molar-refractivity contribution is -0.141. The number of halogens is 1. The average Bonchev–Trinajstić information content (AvgIpc) is 2.80. The van der Waals surface area contributed by atoms with Gasteiger partial charge in [0.25, 0.3) is 0 Å². The van der Waals surface area contributed by atoms with E-state index >= 15 is 0 Å². The Morgan fingerprint density at radius 1 is 0.935 bits per heavy atom. The molecule has 31 heavy (non-hydrogen) atoms. The molecule has 1 aliphatic heterocycles. The molecule has 0 aliphatic carbocycles. The highest BCUT2D eigenvalue weighted by Crippen LogP contribution is 2.46. The second-order valence-electron chi connectivity index (χ2n) is 7.33. The third-order valence-electron chi connectivity index (χ3n) is 5.41. The van der Waals surface area contributed by atoms with Gasteiger partial charge in [-0.05, 0) is 60.5 Å². The van der Waals surface area contributed by atoms with Crippen LogP contribution in [0.25, 0.3) is 0 Å². The largest absolute Gasteiger partial charge is 0.469 e. The Bertz CT molecular complexity index is 1050. The summed E-state index contributed by atoms with van der Waals surface area (Å²) in [5.74, 6) is 0.254. The molecule has 158 valence electrons. The van der Waals surface area contributed by atoms with Crippen molar-refractivity contribution in [3.05, 3.63) is 90.2 Å². The van der Waals surface area contributed by atoms with E-state index in [0.717, 1.165) is 11.3 Å². The molecule has 0 aromatic heterocycles. The number of anilines is 1. The van der Waals surface area contributed by atoms with Gasteiger partial charge in [-0.1, -0.05) is 30.3 Å². The summed E-state index contributed by atoms with van der Waals surface area (Å²) >= 11 is 0. The SMILES string of the molecule is COC(=O)CC[C@H]1C(=O)N(c2ccc(F)cc2)[C@@H]1c1ccc(Oc2ccccc2)cc1. The van der Waals surface area contributed by atoms with Crippen molar-refractivity contribution < 1.29 is 23.5 Å². The molecule has 2 atom stereocenters. The van der Waals surface area contributed by atoms with Gasteiger partial charge in [-0.3, -0.25) is 9.59 Å². The second kappa shape index (κ2) is 9.00. The summed E-state index contributed by atoms with van der Waals surface area (Å²) in [5, 5.41) is 0. The topological polar surface area (TPSA) is 55.8 Å². The number of hydrogen-bond donors (Lipinski definition) is 0. The predicted molar refractivity (Wildman–Crippen MR) is 114 cm³/mol. The van der Waals surface area contributed by atoms with Crippen LogP contribution < -0.4 is 9.64 Å². The lowest BCUT2D eigenvalue weighted by Gasteiger charge is -2.47. The first kappa shape index (κ1) is 20.6. The van der Waals surface area contributed by atoms with Crippen LogP contribution in [0.1, 0.15) is 24.4 Å². The summed E-state index contributed by atoms with van der Waals surface area (Å²) in [6, 6.07) is 22.6. The normalized spacial score (nSPS) is 17.7. The maximum Gasteiger partial charge on any atom is 0.305 e. The van der Waals surface area contributed by atoms with Gasteiger partial charge in [0.2, 0.25) is 5.91 Å². The summed E-state index contributed by atoms with van der Waals surface area (Å²) in [4.78, 5) is 26.2. The lowest BCUT2D eigenvalue weighted by Crippen LogP contribution is -2.55. The van der Waals surface area contributed by atoms with E-state index in [1.165, 1.54) is 19.2 Å². The van der Waals surface area contributed by atoms with Crippen LogP contribution >= 0.6 is 0 Å². The number of β-lactam (4-membered cyclic amide) rings is 1. The van der Waals surface area contributed by atoms with E-state index in [-0.39, 0.29) is 36.1 Å². The number of rotatable bonds is 7. The quantitative estimate of drug-likeness (QED) is 0.386. The highest BCUT2D eigenvalue weighted by atomic mass is 19.1. The highest BCUT2D eigenvalue weighted by molar-refractivity contribution is 6.03. The Labute approximate surface area is 180 Å². The number of nitrogens with zero attached hydrogens (tertiary/aromatic N) is 1. The predicted octanol–water partition coefficient (Wildman–Crippen LogP) is 5.28. The van der Waals surface area contributed by atoms with E-state index in [1.807, 2.05) is 54.6 Å². The van der Waals surface area contributed by atoms with E-state index in [9.17, 15) is 14.0 Å². The van der Waals surface area contributed by atoms with Crippen molar-refractivity contribution in [2.75, 3.05) is 12.0 Å². The molecule has 0 unspecified atom stereocenters. The van der Waals surface area contributed by atoms with E-state index < -0.39 is 0 Å². The van der Waals surface area contributed by atoms with Crippen molar-refractivity contribution in [1.82, 2.24) is 0 Å². The van der Waals surface area contributed by atoms with Gasteiger partial charge >= 0.3 is 5.97 Å². The molecule has 1 fully saturated rings. The Kier molecular flexibility index (Phi) is 5.98. The third-order valence-corrected chi connectivity index (χ3v) is 5.41. The monoisotopic (exact) mass is 419 g/mol. The second-order valence-corrected chi connectivity index (χ2v) is 7.33. The fraction of sp³-hybridized carbons (Fsp3) is 0.200. The van der Waals surface area contributed by atoms with Crippen LogP contribution in [0, 0.1) is 11.7 Å². The first-order valence-electron chi connectivity index (χ1n) is 10.0. The van der Waals surface area contributed by atoms with Gasteiger partial charge in [0.05, 0.1) is 19.1 Å². The summed E-state index contributed by atoms with van der Waals surface area (Å²) in [6.07, 6.45) is 0.548. The summed E-state index contributed by atoms with van der Waals surface area (Å²) in [7, 11) is 1.33. The van der Waals surface area contributed by atoms with Gasteiger partial charge in [0.1, 0.15) is 17.3 Å². The molecule has 0 saturated carbocycles. The average molecular weight is 419 g/mol. The first-order chi connectivity index (χ1) is 15.1. The van der Waals surface area contributed by atoms with Gasteiger partial charge in [-0.25, -0.2) is 4.39 Å². The van der Waals surface area contributed by atoms with Gasteiger partial charge < -0.3 is 14.4 Å². The standard InChI is InChI=1S/C25H22FNO4/c1-30-23(28)16-15-22-24(27(25(22)29)19-11-9-18(26)10-12-19)17-7-13-21(14-8-17)31-20-5-3-2-4-6-20/h2-14,22,24H,15-16H2,1H3/t22-,24-/m1/s1. The number of ether oxygens (including phenoxy) is 2. The Hall–Kier alpha value is -3.67. The van der Waals surface area contributed by atoms with Crippen LogP contribution in [-0.4, -0.2) is 19.0 Å². The van der Waals surface area contributed by atoms with Gasteiger partial charge in [-0.2, -0.15) is 0 Å². The molecule has 3 aromatic rings. The maximum absolute atomic E-state index is 13.4. The Balaban J connectivity index is 1.57. The van der Waals surface area contributed by atoms with Crippen LogP contribution in [0.15, 0.2) is 78.9 Å². The molecule has 1 aliphatic rings. The highest BCUT2D eigenvalue weighted by Gasteiger charge is 2.48. The fourth-order valence-electron chi connectivity index (χ4n) is 3.83. The van der Waals surface area contributed by atoms with Crippen molar-refractivity contribution in [2.45, 2.75) is 18.9 Å². The number of carbonyl (C=O) groups is 2. The molecule has 1 saturated heterocycles. The molecule has 1 heterocycles. The van der Waals surface area contributed by atoms with Crippen molar-refractivity contribution in [3.8, 4) is 11.5 Å². The van der Waals surface area contributed by atoms with E-state index in [0.29, 0.717) is 17.9 Å². The number of amides is 1. The number of benzene rings is 3. The van der Waals surface area contributed by atoms with Crippen molar-refractivity contribution in [2.24, 2.45) is 5.92 Å². The zero-order valence-corrected chi connectivity index (χ0v) is 17.0. The molecule has 3 aromatic carbocycles. The Morgan fingerprint density at radius 3 is 2.23 bits per heavy atom. The van der Waals surface area contributed by atoms with Crippen LogP contribution in [0.2, 0.25) is 0 Å². The molecule has 1 amide bonds. The number of esters is 1. The minimum absolute atomic E-state index is 0.0925. The van der Waals surface area contributed by atoms with Crippen LogP contribution in [0.3, 0.4) is 0 Å². The van der Waals surface area contributed by atoms with Gasteiger partial charge in [-0.15, -0.1) is 0 Å². The minimum atomic E-state index is -0.363. The summed E-state index contributed by atoms with van der Waals surface area (Å²) in [5.41, 5.74) is 1.54. The van der Waals surface area contributed by atoms with Crippen LogP contribution in [0.5, 0.6) is 11.5 Å². The molecule has 4 rings (SSSR count). The zero-order valence-electron chi connectivity index (χ0n) is 17.0. The Morgan fingerprint density at radius 2 is 1.58 bits per heavy atom. The number of carbonyl (C=O) groups excluding carboxylic acids is 2. The number of hydrogen-bond acceptors (Lipinski definition) is 4. The summed E-state index contributed by atoms with van der Waals surface area (Å²) < 4.78 is 23.9. The fourth-order valence-corrected chi connectivity index (χ4v) is 3.83.